The molecular formula is C18H25N3O2. The smallest absolute Gasteiger partial charge is 0.315 e. The predicted octanol–water partition coefficient (Wildman–Crippen LogP) is 2.65. The first kappa shape index (κ1) is 15.8. The van der Waals surface area contributed by atoms with Crippen LogP contribution in [0.4, 0.5) is 10.5 Å². The molecule has 1 aliphatic heterocycles. The van der Waals surface area contributed by atoms with Gasteiger partial charge in [0.1, 0.15) is 6.04 Å². The number of nitrogens with one attached hydrogen (secondary N) is 2. The first-order chi connectivity index (χ1) is 11.0. The maximum atomic E-state index is 12.6. The molecule has 0 spiro atoms. The van der Waals surface area contributed by atoms with E-state index >= 15 is 0 Å². The average Bonchev–Trinajstić information content (AvgIpc) is 3.13. The van der Waals surface area contributed by atoms with Gasteiger partial charge in [-0.05, 0) is 56.4 Å². The molecule has 1 atom stereocenters. The molecule has 0 bridgehead atoms. The highest BCUT2D eigenvalue weighted by molar-refractivity contribution is 6.01. The quantitative estimate of drug-likeness (QED) is 0.901. The highest BCUT2D eigenvalue weighted by Crippen LogP contribution is 2.24. The Kier molecular flexibility index (Phi) is 4.55. The zero-order valence-corrected chi connectivity index (χ0v) is 13.9. The third-order valence-electron chi connectivity index (χ3n) is 5.00. The summed E-state index contributed by atoms with van der Waals surface area (Å²) in [6.45, 7) is 4.75. The number of aryl methyl sites for hydroxylation is 2. The Bertz CT molecular complexity index is 608. The molecule has 0 aromatic heterocycles. The van der Waals surface area contributed by atoms with Crippen molar-refractivity contribution in [1.82, 2.24) is 10.6 Å². The van der Waals surface area contributed by atoms with Gasteiger partial charge in [0.05, 0.1) is 0 Å². The molecule has 1 saturated heterocycles. The predicted molar refractivity (Wildman–Crippen MR) is 90.6 cm³/mol. The molecule has 3 rings (SSSR count). The van der Waals surface area contributed by atoms with E-state index in [1.165, 1.54) is 24.0 Å². The molecule has 2 aliphatic rings. The van der Waals surface area contributed by atoms with Gasteiger partial charge in [-0.25, -0.2) is 4.79 Å². The Hall–Kier alpha value is -2.04. The molecule has 2 N–H and O–H groups in total. The van der Waals surface area contributed by atoms with Crippen molar-refractivity contribution >= 4 is 17.6 Å². The van der Waals surface area contributed by atoms with Crippen LogP contribution in [0.2, 0.25) is 0 Å². The van der Waals surface area contributed by atoms with Gasteiger partial charge in [0, 0.05) is 18.3 Å². The Morgan fingerprint density at radius 3 is 2.52 bits per heavy atom. The van der Waals surface area contributed by atoms with Crippen LogP contribution >= 0.6 is 0 Å². The SMILES string of the molecule is Cc1ccc(N2CC[C@H](NC(=O)NC3CCCC3)C2=O)cc1C. The Labute approximate surface area is 137 Å². The van der Waals surface area contributed by atoms with Crippen molar-refractivity contribution in [2.75, 3.05) is 11.4 Å². The normalized spacial score (nSPS) is 21.7. The lowest BCUT2D eigenvalue weighted by molar-refractivity contribution is -0.118. The lowest BCUT2D eigenvalue weighted by Gasteiger charge is -2.19. The largest absolute Gasteiger partial charge is 0.335 e. The number of rotatable bonds is 3. The average molecular weight is 315 g/mol. The number of hydrogen-bond donors (Lipinski definition) is 2. The van der Waals surface area contributed by atoms with E-state index in [9.17, 15) is 9.59 Å². The van der Waals surface area contributed by atoms with E-state index < -0.39 is 6.04 Å². The van der Waals surface area contributed by atoms with Crippen molar-refractivity contribution in [2.24, 2.45) is 0 Å². The van der Waals surface area contributed by atoms with Crippen LogP contribution in [0.3, 0.4) is 0 Å². The standard InChI is InChI=1S/C18H25N3O2/c1-12-7-8-15(11-13(12)2)21-10-9-16(17(21)22)20-18(23)19-14-5-3-4-6-14/h7-8,11,14,16H,3-6,9-10H2,1-2H3,(H2,19,20,23)/t16-/m0/s1. The number of carbonyl (C=O) groups excluding carboxylic acids is 2. The van der Waals surface area contributed by atoms with Gasteiger partial charge >= 0.3 is 6.03 Å². The topological polar surface area (TPSA) is 61.4 Å². The Morgan fingerprint density at radius 2 is 1.83 bits per heavy atom. The van der Waals surface area contributed by atoms with Gasteiger partial charge in [0.2, 0.25) is 5.91 Å². The number of benzene rings is 1. The number of amides is 3. The van der Waals surface area contributed by atoms with Crippen molar-refractivity contribution in [3.63, 3.8) is 0 Å². The molecule has 124 valence electrons. The molecule has 5 heteroatoms. The fourth-order valence-corrected chi connectivity index (χ4v) is 3.42. The number of hydrogen-bond acceptors (Lipinski definition) is 2. The van der Waals surface area contributed by atoms with Gasteiger partial charge in [-0.1, -0.05) is 18.9 Å². The van der Waals surface area contributed by atoms with Gasteiger partial charge in [-0.15, -0.1) is 0 Å². The summed E-state index contributed by atoms with van der Waals surface area (Å²) in [6, 6.07) is 5.68. The van der Waals surface area contributed by atoms with Crippen LogP contribution in [0.1, 0.15) is 43.2 Å². The van der Waals surface area contributed by atoms with Gasteiger partial charge < -0.3 is 15.5 Å². The van der Waals surface area contributed by atoms with Crippen molar-refractivity contribution in [3.05, 3.63) is 29.3 Å². The number of urea groups is 1. The van der Waals surface area contributed by atoms with Crippen LogP contribution in [0.5, 0.6) is 0 Å². The fraction of sp³-hybridized carbons (Fsp3) is 0.556. The summed E-state index contributed by atoms with van der Waals surface area (Å²) in [6.07, 6.45) is 5.09. The molecule has 3 amide bonds. The second-order valence-electron chi connectivity index (χ2n) is 6.70. The van der Waals surface area contributed by atoms with E-state index in [0.29, 0.717) is 13.0 Å². The van der Waals surface area contributed by atoms with Crippen molar-refractivity contribution in [2.45, 2.75) is 58.0 Å². The maximum Gasteiger partial charge on any atom is 0.315 e. The molecule has 1 aromatic carbocycles. The molecule has 0 unspecified atom stereocenters. The Balaban J connectivity index is 1.59. The van der Waals surface area contributed by atoms with Gasteiger partial charge in [0.25, 0.3) is 0 Å². The minimum absolute atomic E-state index is 0.0187. The summed E-state index contributed by atoms with van der Waals surface area (Å²) in [7, 11) is 0. The fourth-order valence-electron chi connectivity index (χ4n) is 3.42. The molecule has 1 heterocycles. The zero-order valence-electron chi connectivity index (χ0n) is 13.9. The highest BCUT2D eigenvalue weighted by atomic mass is 16.2. The number of carbonyl (C=O) groups is 2. The van der Waals surface area contributed by atoms with Crippen LogP contribution in [0.25, 0.3) is 0 Å². The van der Waals surface area contributed by atoms with Crippen LogP contribution in [0, 0.1) is 13.8 Å². The van der Waals surface area contributed by atoms with E-state index in [2.05, 4.69) is 17.6 Å². The molecule has 23 heavy (non-hydrogen) atoms. The van der Waals surface area contributed by atoms with Crippen LogP contribution in [0.15, 0.2) is 18.2 Å². The Morgan fingerprint density at radius 1 is 1.09 bits per heavy atom. The minimum Gasteiger partial charge on any atom is -0.335 e. The first-order valence-corrected chi connectivity index (χ1v) is 8.50. The molecule has 1 aliphatic carbocycles. The van der Waals surface area contributed by atoms with E-state index in [0.717, 1.165) is 18.5 Å². The van der Waals surface area contributed by atoms with Crippen LogP contribution in [-0.2, 0) is 4.79 Å². The first-order valence-electron chi connectivity index (χ1n) is 8.50. The van der Waals surface area contributed by atoms with Crippen LogP contribution < -0.4 is 15.5 Å². The number of nitrogens with zero attached hydrogens (tertiary/aromatic N) is 1. The molecule has 1 aromatic rings. The minimum atomic E-state index is -0.419. The zero-order chi connectivity index (χ0) is 16.4. The van der Waals surface area contributed by atoms with Crippen molar-refractivity contribution in [3.8, 4) is 0 Å². The molecule has 2 fully saturated rings. The van der Waals surface area contributed by atoms with E-state index in [-0.39, 0.29) is 18.0 Å². The molecule has 5 nitrogen and oxygen atoms in total. The summed E-state index contributed by atoms with van der Waals surface area (Å²) >= 11 is 0. The van der Waals surface area contributed by atoms with Gasteiger partial charge in [0.15, 0.2) is 0 Å². The number of anilines is 1. The highest BCUT2D eigenvalue weighted by Gasteiger charge is 2.34. The van der Waals surface area contributed by atoms with Crippen LogP contribution in [-0.4, -0.2) is 30.6 Å². The summed E-state index contributed by atoms with van der Waals surface area (Å²) in [5, 5.41) is 5.82. The van der Waals surface area contributed by atoms with E-state index in [4.69, 9.17) is 0 Å². The summed E-state index contributed by atoms with van der Waals surface area (Å²) in [4.78, 5) is 26.4. The van der Waals surface area contributed by atoms with E-state index in [1.54, 1.807) is 4.90 Å². The molecular weight excluding hydrogens is 290 g/mol. The summed E-state index contributed by atoms with van der Waals surface area (Å²) in [5.74, 6) is -0.0187. The second kappa shape index (κ2) is 6.60. The second-order valence-corrected chi connectivity index (χ2v) is 6.70. The third-order valence-corrected chi connectivity index (χ3v) is 5.00. The maximum absolute atomic E-state index is 12.6. The summed E-state index contributed by atoms with van der Waals surface area (Å²) in [5.41, 5.74) is 3.30. The van der Waals surface area contributed by atoms with E-state index in [1.807, 2.05) is 25.1 Å². The van der Waals surface area contributed by atoms with Crippen molar-refractivity contribution in [1.29, 1.82) is 0 Å². The lowest BCUT2D eigenvalue weighted by atomic mass is 10.1. The van der Waals surface area contributed by atoms with Crippen molar-refractivity contribution < 1.29 is 9.59 Å². The molecule has 0 radical (unpaired) electrons. The lowest BCUT2D eigenvalue weighted by Crippen LogP contribution is -2.48. The van der Waals surface area contributed by atoms with Gasteiger partial charge in [-0.2, -0.15) is 0 Å². The molecule has 1 saturated carbocycles. The summed E-state index contributed by atoms with van der Waals surface area (Å²) < 4.78 is 0. The third kappa shape index (κ3) is 3.49. The monoisotopic (exact) mass is 315 g/mol. The van der Waals surface area contributed by atoms with Gasteiger partial charge in [-0.3, -0.25) is 4.79 Å².